The molecule has 1 aliphatic rings. The molecule has 0 atom stereocenters. The van der Waals surface area contributed by atoms with E-state index in [0.717, 1.165) is 43.6 Å². The van der Waals surface area contributed by atoms with Crippen LogP contribution in [0.15, 0.2) is 29.2 Å². The van der Waals surface area contributed by atoms with E-state index >= 15 is 0 Å². The summed E-state index contributed by atoms with van der Waals surface area (Å²) in [4.78, 5) is 14.8. The monoisotopic (exact) mass is 349 g/mol. The van der Waals surface area contributed by atoms with E-state index < -0.39 is 0 Å². The fourth-order valence-electron chi connectivity index (χ4n) is 2.16. The molecule has 1 aromatic rings. The van der Waals surface area contributed by atoms with Crippen LogP contribution in [0.4, 0.5) is 0 Å². The second kappa shape index (κ2) is 9.08. The summed E-state index contributed by atoms with van der Waals surface area (Å²) in [6, 6.07) is 7.83. The van der Waals surface area contributed by atoms with Crippen molar-refractivity contribution in [3.8, 4) is 5.75 Å². The number of ether oxygens (including phenoxy) is 1. The van der Waals surface area contributed by atoms with Crippen molar-refractivity contribution in [3.05, 3.63) is 34.7 Å². The fourth-order valence-corrected chi connectivity index (χ4v) is 3.46. The van der Waals surface area contributed by atoms with Crippen molar-refractivity contribution < 1.29 is 9.53 Å². The van der Waals surface area contributed by atoms with E-state index in [1.807, 2.05) is 30.3 Å². The maximum absolute atomic E-state index is 12.4. The van der Waals surface area contributed by atoms with Crippen LogP contribution >= 0.6 is 24.0 Å². The number of benzene rings is 1. The molecule has 1 aromatic carbocycles. The third kappa shape index (κ3) is 5.08. The highest BCUT2D eigenvalue weighted by Crippen LogP contribution is 2.32. The number of nitrogens with zero attached hydrogens (tertiary/aromatic N) is 1. The molecule has 3 nitrogen and oxygen atoms in total. The number of unbranched alkanes of at least 4 members (excludes halogenated alkanes) is 2. The molecule has 1 saturated heterocycles. The van der Waals surface area contributed by atoms with E-state index in [-0.39, 0.29) is 5.91 Å². The zero-order valence-corrected chi connectivity index (χ0v) is 15.3. The highest BCUT2D eigenvalue weighted by atomic mass is 32.2. The van der Waals surface area contributed by atoms with Gasteiger partial charge in [0.25, 0.3) is 5.91 Å². The van der Waals surface area contributed by atoms with E-state index in [2.05, 4.69) is 13.8 Å². The lowest BCUT2D eigenvalue weighted by atomic mass is 10.2. The topological polar surface area (TPSA) is 29.5 Å². The molecule has 1 fully saturated rings. The van der Waals surface area contributed by atoms with Gasteiger partial charge >= 0.3 is 0 Å². The van der Waals surface area contributed by atoms with Crippen molar-refractivity contribution in [1.82, 2.24) is 4.90 Å². The van der Waals surface area contributed by atoms with Gasteiger partial charge < -0.3 is 4.74 Å². The minimum absolute atomic E-state index is 0.0247. The lowest BCUT2D eigenvalue weighted by Gasteiger charge is -2.13. The van der Waals surface area contributed by atoms with Crippen LogP contribution < -0.4 is 4.74 Å². The van der Waals surface area contributed by atoms with Crippen molar-refractivity contribution in [2.24, 2.45) is 0 Å². The number of thiocarbonyl (C=S) groups is 1. The second-order valence-electron chi connectivity index (χ2n) is 5.46. The van der Waals surface area contributed by atoms with Gasteiger partial charge in [0.05, 0.1) is 11.5 Å². The number of carbonyl (C=O) groups is 1. The van der Waals surface area contributed by atoms with Gasteiger partial charge in [-0.1, -0.05) is 62.8 Å². The molecule has 0 bridgehead atoms. The summed E-state index contributed by atoms with van der Waals surface area (Å²) in [5, 5.41) is 0. The first-order valence-electron chi connectivity index (χ1n) is 8.14. The summed E-state index contributed by atoms with van der Waals surface area (Å²) in [6.45, 7) is 5.70. The first kappa shape index (κ1) is 18.0. The number of hydrogen-bond donors (Lipinski definition) is 0. The van der Waals surface area contributed by atoms with Crippen LogP contribution in [0.25, 0.3) is 6.08 Å². The number of carbonyl (C=O) groups excluding carboxylic acids is 1. The lowest BCUT2D eigenvalue weighted by molar-refractivity contribution is -0.122. The molecule has 0 unspecified atom stereocenters. The smallest absolute Gasteiger partial charge is 0.266 e. The molecular weight excluding hydrogens is 326 g/mol. The molecular formula is C18H23NO2S2. The maximum atomic E-state index is 12.4. The predicted molar refractivity (Wildman–Crippen MR) is 102 cm³/mol. The molecule has 0 N–H and O–H groups in total. The average molecular weight is 350 g/mol. The summed E-state index contributed by atoms with van der Waals surface area (Å²) >= 11 is 6.70. The number of rotatable bonds is 8. The van der Waals surface area contributed by atoms with Crippen molar-refractivity contribution in [2.45, 2.75) is 39.5 Å². The van der Waals surface area contributed by atoms with Crippen LogP contribution in [0.2, 0.25) is 0 Å². The summed E-state index contributed by atoms with van der Waals surface area (Å²) in [5.41, 5.74) is 0.990. The van der Waals surface area contributed by atoms with Gasteiger partial charge in [-0.15, -0.1) is 0 Å². The number of hydrogen-bond acceptors (Lipinski definition) is 4. The molecule has 1 aliphatic heterocycles. The average Bonchev–Trinajstić information content (AvgIpc) is 2.81. The first-order valence-corrected chi connectivity index (χ1v) is 9.36. The Morgan fingerprint density at radius 3 is 2.52 bits per heavy atom. The van der Waals surface area contributed by atoms with Crippen LogP contribution in [0.3, 0.4) is 0 Å². The van der Waals surface area contributed by atoms with Gasteiger partial charge in [-0.25, -0.2) is 0 Å². The second-order valence-corrected chi connectivity index (χ2v) is 7.13. The van der Waals surface area contributed by atoms with Crippen LogP contribution in [-0.2, 0) is 4.79 Å². The zero-order chi connectivity index (χ0) is 16.7. The quantitative estimate of drug-likeness (QED) is 0.380. The number of thioether (sulfide) groups is 1. The maximum Gasteiger partial charge on any atom is 0.266 e. The Morgan fingerprint density at radius 2 is 1.87 bits per heavy atom. The fraction of sp³-hybridized carbons (Fsp3) is 0.444. The van der Waals surface area contributed by atoms with Crippen molar-refractivity contribution >= 4 is 40.3 Å². The van der Waals surface area contributed by atoms with Crippen molar-refractivity contribution in [1.29, 1.82) is 0 Å². The van der Waals surface area contributed by atoms with Crippen LogP contribution in [0.1, 0.15) is 45.1 Å². The molecule has 0 aromatic heterocycles. The molecule has 2 rings (SSSR count). The van der Waals surface area contributed by atoms with E-state index in [4.69, 9.17) is 17.0 Å². The van der Waals surface area contributed by atoms with Crippen molar-refractivity contribution in [2.75, 3.05) is 13.2 Å². The van der Waals surface area contributed by atoms with E-state index in [9.17, 15) is 4.79 Å². The summed E-state index contributed by atoms with van der Waals surface area (Å²) < 4.78 is 6.31. The molecule has 0 radical (unpaired) electrons. The highest BCUT2D eigenvalue weighted by molar-refractivity contribution is 8.26. The SMILES string of the molecule is CCCCOc1ccc(/C=C2\SC(=S)N(CCCC)C2=O)cc1. The summed E-state index contributed by atoms with van der Waals surface area (Å²) in [5.74, 6) is 0.891. The molecule has 5 heteroatoms. The van der Waals surface area contributed by atoms with E-state index in [1.54, 1.807) is 4.90 Å². The van der Waals surface area contributed by atoms with Gasteiger partial charge in [0, 0.05) is 6.54 Å². The summed E-state index contributed by atoms with van der Waals surface area (Å²) in [6.07, 6.45) is 6.11. The molecule has 23 heavy (non-hydrogen) atoms. The Morgan fingerprint density at radius 1 is 1.17 bits per heavy atom. The van der Waals surface area contributed by atoms with Gasteiger partial charge in [-0.05, 0) is 36.6 Å². The third-order valence-corrected chi connectivity index (χ3v) is 4.93. The minimum Gasteiger partial charge on any atom is -0.494 e. The molecule has 1 heterocycles. The normalized spacial score (nSPS) is 16.4. The minimum atomic E-state index is 0.0247. The lowest BCUT2D eigenvalue weighted by Crippen LogP contribution is -2.28. The largest absolute Gasteiger partial charge is 0.494 e. The van der Waals surface area contributed by atoms with E-state index in [1.165, 1.54) is 11.8 Å². The molecule has 124 valence electrons. The van der Waals surface area contributed by atoms with Crippen molar-refractivity contribution in [3.63, 3.8) is 0 Å². The molecule has 0 spiro atoms. The van der Waals surface area contributed by atoms with Gasteiger partial charge in [-0.3, -0.25) is 9.69 Å². The first-order chi connectivity index (χ1) is 11.2. The van der Waals surface area contributed by atoms with Gasteiger partial charge in [0.2, 0.25) is 0 Å². The Balaban J connectivity index is 2.01. The molecule has 1 amide bonds. The van der Waals surface area contributed by atoms with Gasteiger partial charge in [-0.2, -0.15) is 0 Å². The molecule has 0 saturated carbocycles. The van der Waals surface area contributed by atoms with Crippen LogP contribution in [-0.4, -0.2) is 28.3 Å². The number of amides is 1. The Kier molecular flexibility index (Phi) is 7.12. The van der Waals surface area contributed by atoms with Crippen LogP contribution in [0, 0.1) is 0 Å². The highest BCUT2D eigenvalue weighted by Gasteiger charge is 2.31. The summed E-state index contributed by atoms with van der Waals surface area (Å²) in [7, 11) is 0. The Hall–Kier alpha value is -1.33. The predicted octanol–water partition coefficient (Wildman–Crippen LogP) is 4.87. The Labute approximate surface area is 148 Å². The molecule has 0 aliphatic carbocycles. The third-order valence-electron chi connectivity index (χ3n) is 3.55. The standard InChI is InChI=1S/C18H23NO2S2/c1-3-5-11-19-17(20)16(23-18(19)22)13-14-7-9-15(10-8-14)21-12-6-4-2/h7-10,13H,3-6,11-12H2,1-2H3/b16-13-. The van der Waals surface area contributed by atoms with E-state index in [0.29, 0.717) is 15.8 Å². The van der Waals surface area contributed by atoms with Crippen LogP contribution in [0.5, 0.6) is 5.75 Å². The van der Waals surface area contributed by atoms with Gasteiger partial charge in [0.1, 0.15) is 10.1 Å². The zero-order valence-electron chi connectivity index (χ0n) is 13.7. The van der Waals surface area contributed by atoms with Gasteiger partial charge in [0.15, 0.2) is 0 Å². The Bertz CT molecular complexity index is 581.